The molecule has 0 N–H and O–H groups in total. The van der Waals surface area contributed by atoms with Gasteiger partial charge in [0, 0.05) is 21.5 Å². The van der Waals surface area contributed by atoms with Crippen LogP contribution in [0.25, 0.3) is 93.5 Å². The molecule has 1 unspecified atom stereocenters. The Morgan fingerprint density at radius 2 is 0.965 bits per heavy atom. The van der Waals surface area contributed by atoms with E-state index in [-0.39, 0.29) is 0 Å². The SMILES string of the molecule is O=P1(c2ccccc2)c2cc(-c3c4ccccc4c(-c4ccc5c(ccc6ccccc65)c4)c4ccccc34)ccc2-n2c(-c3ccccc3)nc3cccc1c32. The van der Waals surface area contributed by atoms with Crippen LogP contribution in [-0.2, 0) is 4.57 Å². The highest BCUT2D eigenvalue weighted by atomic mass is 31.2. The van der Waals surface area contributed by atoms with E-state index in [4.69, 9.17) is 4.98 Å². The van der Waals surface area contributed by atoms with Crippen molar-refractivity contribution in [3.8, 4) is 39.3 Å². The molecule has 57 heavy (non-hydrogen) atoms. The fraction of sp³-hybridized carbons (Fsp3) is 0. The van der Waals surface area contributed by atoms with Crippen LogP contribution in [0.3, 0.4) is 0 Å². The lowest BCUT2D eigenvalue weighted by atomic mass is 9.85. The molecule has 1 atom stereocenters. The van der Waals surface area contributed by atoms with E-state index in [0.29, 0.717) is 0 Å². The zero-order chi connectivity index (χ0) is 37.7. The Labute approximate surface area is 329 Å². The van der Waals surface area contributed by atoms with Gasteiger partial charge in [-0.1, -0.05) is 170 Å². The Hall–Kier alpha value is -7.06. The Morgan fingerprint density at radius 3 is 1.67 bits per heavy atom. The molecule has 12 rings (SSSR count). The molecule has 10 aromatic carbocycles. The van der Waals surface area contributed by atoms with Gasteiger partial charge in [0.15, 0.2) is 7.14 Å². The first-order valence-corrected chi connectivity index (χ1v) is 21.1. The number of hydrogen-bond donors (Lipinski definition) is 0. The average Bonchev–Trinajstić information content (AvgIpc) is 3.68. The predicted octanol–water partition coefficient (Wildman–Crippen LogP) is 12.6. The molecule has 2 heterocycles. The third-order valence-electron chi connectivity index (χ3n) is 12.0. The van der Waals surface area contributed by atoms with Gasteiger partial charge in [-0.3, -0.25) is 4.57 Å². The van der Waals surface area contributed by atoms with E-state index in [1.54, 1.807) is 0 Å². The van der Waals surface area contributed by atoms with E-state index < -0.39 is 7.14 Å². The molecule has 1 aromatic heterocycles. The molecular formula is C53H33N2OP. The van der Waals surface area contributed by atoms with Crippen molar-refractivity contribution in [2.45, 2.75) is 0 Å². The van der Waals surface area contributed by atoms with E-state index >= 15 is 4.57 Å². The molecule has 3 nitrogen and oxygen atoms in total. The minimum Gasteiger partial charge on any atom is -0.308 e. The van der Waals surface area contributed by atoms with Crippen LogP contribution < -0.4 is 15.9 Å². The van der Waals surface area contributed by atoms with Crippen LogP contribution in [0.15, 0.2) is 200 Å². The van der Waals surface area contributed by atoms with Gasteiger partial charge < -0.3 is 4.57 Å². The van der Waals surface area contributed by atoms with Crippen molar-refractivity contribution in [2.24, 2.45) is 0 Å². The van der Waals surface area contributed by atoms with Crippen LogP contribution in [-0.4, -0.2) is 9.55 Å². The molecular weight excluding hydrogens is 712 g/mol. The molecule has 0 radical (unpaired) electrons. The summed E-state index contributed by atoms with van der Waals surface area (Å²) in [5, 5.41) is 12.1. The smallest absolute Gasteiger partial charge is 0.175 e. The summed E-state index contributed by atoms with van der Waals surface area (Å²) in [6.07, 6.45) is 0. The monoisotopic (exact) mass is 744 g/mol. The normalized spacial score (nSPS) is 14.8. The van der Waals surface area contributed by atoms with E-state index in [2.05, 4.69) is 138 Å². The molecule has 11 aromatic rings. The molecule has 1 aliphatic heterocycles. The number of rotatable bonds is 4. The average molecular weight is 745 g/mol. The molecule has 0 saturated heterocycles. The van der Waals surface area contributed by atoms with E-state index in [0.717, 1.165) is 65.9 Å². The number of nitrogens with zero attached hydrogens (tertiary/aromatic N) is 2. The van der Waals surface area contributed by atoms with Crippen LogP contribution in [0, 0.1) is 0 Å². The molecule has 0 spiro atoms. The molecule has 0 amide bonds. The van der Waals surface area contributed by atoms with Gasteiger partial charge in [0.2, 0.25) is 0 Å². The highest BCUT2D eigenvalue weighted by molar-refractivity contribution is 7.86. The number of para-hydroxylation sites is 1. The van der Waals surface area contributed by atoms with Crippen LogP contribution in [0.1, 0.15) is 0 Å². The Morgan fingerprint density at radius 1 is 0.404 bits per heavy atom. The van der Waals surface area contributed by atoms with Gasteiger partial charge in [-0.05, 0) is 95.7 Å². The first-order chi connectivity index (χ1) is 28.2. The molecule has 1 aliphatic rings. The summed E-state index contributed by atoms with van der Waals surface area (Å²) in [6.45, 7) is 0. The number of fused-ring (bicyclic) bond motifs is 7. The highest BCUT2D eigenvalue weighted by Crippen LogP contribution is 2.52. The second kappa shape index (κ2) is 12.2. The standard InChI is InChI=1S/C53H33N2OP/c56-57(39-17-5-2-6-18-39)48-25-13-24-46-52(48)55(53(54-46)35-15-3-1-4-16-35)47-31-29-38(33-49(47)57)51-44-22-11-9-20-42(44)50(43-21-10-12-23-45(43)51)37-28-30-41-36(32-37)27-26-34-14-7-8-19-40(34)41/h1-33H. The summed E-state index contributed by atoms with van der Waals surface area (Å²) in [5.41, 5.74) is 8.24. The maximum atomic E-state index is 16.3. The first-order valence-electron chi connectivity index (χ1n) is 19.4. The van der Waals surface area contributed by atoms with Gasteiger partial charge in [0.05, 0.1) is 16.7 Å². The van der Waals surface area contributed by atoms with Gasteiger partial charge in [-0.25, -0.2) is 4.98 Å². The zero-order valence-corrected chi connectivity index (χ0v) is 31.7. The lowest BCUT2D eigenvalue weighted by molar-refractivity contribution is 0.592. The van der Waals surface area contributed by atoms with Crippen LogP contribution in [0.4, 0.5) is 0 Å². The topological polar surface area (TPSA) is 34.9 Å². The van der Waals surface area contributed by atoms with Gasteiger partial charge in [-0.15, -0.1) is 0 Å². The quantitative estimate of drug-likeness (QED) is 0.102. The Bertz CT molecular complexity index is 3440. The van der Waals surface area contributed by atoms with Gasteiger partial charge >= 0.3 is 0 Å². The van der Waals surface area contributed by atoms with E-state index in [1.165, 1.54) is 43.4 Å². The molecule has 4 heteroatoms. The third-order valence-corrected chi connectivity index (χ3v) is 15.1. The lowest BCUT2D eigenvalue weighted by Crippen LogP contribution is -2.33. The zero-order valence-electron chi connectivity index (χ0n) is 30.8. The first kappa shape index (κ1) is 32.2. The molecule has 0 fully saturated rings. The molecule has 0 aliphatic carbocycles. The summed E-state index contributed by atoms with van der Waals surface area (Å²) < 4.78 is 18.5. The van der Waals surface area contributed by atoms with E-state index in [9.17, 15) is 0 Å². The van der Waals surface area contributed by atoms with Crippen molar-refractivity contribution in [3.05, 3.63) is 200 Å². The van der Waals surface area contributed by atoms with Crippen molar-refractivity contribution >= 4 is 77.2 Å². The number of benzene rings is 10. The third kappa shape index (κ3) is 4.61. The van der Waals surface area contributed by atoms with Crippen molar-refractivity contribution in [3.63, 3.8) is 0 Å². The number of imidazole rings is 1. The van der Waals surface area contributed by atoms with Crippen LogP contribution in [0.5, 0.6) is 0 Å². The maximum Gasteiger partial charge on any atom is 0.175 e. The van der Waals surface area contributed by atoms with Gasteiger partial charge in [0.1, 0.15) is 5.82 Å². The minimum absolute atomic E-state index is 0.818. The van der Waals surface area contributed by atoms with Crippen LogP contribution in [0.2, 0.25) is 0 Å². The molecule has 0 saturated carbocycles. The van der Waals surface area contributed by atoms with Crippen molar-refractivity contribution in [2.75, 3.05) is 0 Å². The fourth-order valence-corrected chi connectivity index (χ4v) is 12.5. The van der Waals surface area contributed by atoms with Crippen molar-refractivity contribution in [1.82, 2.24) is 9.55 Å². The van der Waals surface area contributed by atoms with Gasteiger partial charge in [0.25, 0.3) is 0 Å². The van der Waals surface area contributed by atoms with Crippen molar-refractivity contribution < 1.29 is 4.57 Å². The maximum absolute atomic E-state index is 16.3. The number of aromatic nitrogens is 2. The summed E-state index contributed by atoms with van der Waals surface area (Å²) in [4.78, 5) is 5.19. The summed E-state index contributed by atoms with van der Waals surface area (Å²) in [6, 6.07) is 70.6. The van der Waals surface area contributed by atoms with Crippen LogP contribution >= 0.6 is 7.14 Å². The van der Waals surface area contributed by atoms with E-state index in [1.807, 2.05) is 66.7 Å². The summed E-state index contributed by atoms with van der Waals surface area (Å²) in [7, 11) is -3.37. The fourth-order valence-electron chi connectivity index (χ4n) is 9.46. The summed E-state index contributed by atoms with van der Waals surface area (Å²) in [5.74, 6) is 0.843. The summed E-state index contributed by atoms with van der Waals surface area (Å²) >= 11 is 0. The van der Waals surface area contributed by atoms with Crippen molar-refractivity contribution in [1.29, 1.82) is 0 Å². The second-order valence-corrected chi connectivity index (χ2v) is 17.7. The van der Waals surface area contributed by atoms with Gasteiger partial charge in [-0.2, -0.15) is 0 Å². The molecule has 266 valence electrons. The molecule has 0 bridgehead atoms. The lowest BCUT2D eigenvalue weighted by Gasteiger charge is -2.30. The number of hydrogen-bond acceptors (Lipinski definition) is 2. The minimum atomic E-state index is -3.37. The second-order valence-electron chi connectivity index (χ2n) is 15.0. The predicted molar refractivity (Wildman–Crippen MR) is 240 cm³/mol. The largest absolute Gasteiger partial charge is 0.308 e. The highest BCUT2D eigenvalue weighted by Gasteiger charge is 2.40. The Kier molecular flexibility index (Phi) is 6.90. The Balaban J connectivity index is 1.15.